The standard InChI is InChI=1S/C37H36N2O5S2/c1-24(39(31-16-18-32(45-5)19-17-31)35(40)25-12-14-26(15-13-25)36(41)44-4)27-9-7-10-28(21-27)33-23-30(37(2,3)46(6,42)43)22-29-11-8-20-38-34(29)33/h7-24H,1-6H3. The Morgan fingerprint density at radius 3 is 2.20 bits per heavy atom. The minimum atomic E-state index is -3.43. The topological polar surface area (TPSA) is 93.6 Å². The average Bonchev–Trinajstić information content (AvgIpc) is 3.07. The van der Waals surface area contributed by atoms with Crippen LogP contribution in [-0.4, -0.2) is 44.9 Å². The summed E-state index contributed by atoms with van der Waals surface area (Å²) in [6, 6.07) is 29.4. The number of esters is 1. The zero-order chi connectivity index (χ0) is 33.2. The lowest BCUT2D eigenvalue weighted by molar-refractivity contribution is 0.0600. The molecule has 5 aromatic rings. The van der Waals surface area contributed by atoms with Gasteiger partial charge in [0.15, 0.2) is 9.84 Å². The van der Waals surface area contributed by atoms with Gasteiger partial charge in [0.25, 0.3) is 5.91 Å². The Bertz CT molecular complexity index is 2020. The fraction of sp³-hybridized carbons (Fsp3) is 0.216. The van der Waals surface area contributed by atoms with Gasteiger partial charge in [0.1, 0.15) is 0 Å². The van der Waals surface area contributed by atoms with Gasteiger partial charge in [-0.3, -0.25) is 9.78 Å². The number of aromatic nitrogens is 1. The fourth-order valence-corrected chi connectivity index (χ4v) is 6.31. The van der Waals surface area contributed by atoms with Crippen molar-refractivity contribution >= 4 is 50.1 Å². The maximum Gasteiger partial charge on any atom is 0.337 e. The van der Waals surface area contributed by atoms with Crippen LogP contribution in [0.15, 0.2) is 108 Å². The van der Waals surface area contributed by atoms with Crippen molar-refractivity contribution in [3.8, 4) is 11.1 Å². The molecule has 0 saturated heterocycles. The molecular formula is C37H36N2O5S2. The van der Waals surface area contributed by atoms with Crippen molar-refractivity contribution in [2.45, 2.75) is 36.5 Å². The van der Waals surface area contributed by atoms with Crippen LogP contribution in [0, 0.1) is 0 Å². The number of benzene rings is 4. The van der Waals surface area contributed by atoms with Crippen molar-refractivity contribution in [3.63, 3.8) is 0 Å². The predicted molar refractivity (Wildman–Crippen MR) is 186 cm³/mol. The molecule has 0 aliphatic rings. The molecule has 1 heterocycles. The highest BCUT2D eigenvalue weighted by atomic mass is 32.2. The second-order valence-corrected chi connectivity index (χ2v) is 15.1. The zero-order valence-corrected chi connectivity index (χ0v) is 28.3. The summed E-state index contributed by atoms with van der Waals surface area (Å²) in [6.07, 6.45) is 4.98. The van der Waals surface area contributed by atoms with E-state index < -0.39 is 26.6 Å². The van der Waals surface area contributed by atoms with E-state index in [0.717, 1.165) is 38.2 Å². The number of methoxy groups -OCH3 is 1. The third kappa shape index (κ3) is 6.43. The Morgan fingerprint density at radius 1 is 0.891 bits per heavy atom. The van der Waals surface area contributed by atoms with Gasteiger partial charge in [-0.1, -0.05) is 24.3 Å². The molecule has 0 saturated carbocycles. The summed E-state index contributed by atoms with van der Waals surface area (Å²) in [5.74, 6) is -0.699. The van der Waals surface area contributed by atoms with Crippen molar-refractivity contribution in [1.82, 2.24) is 4.98 Å². The molecule has 7 nitrogen and oxygen atoms in total. The number of rotatable bonds is 9. The summed E-state index contributed by atoms with van der Waals surface area (Å²) in [5, 5.41) is 0.839. The first-order chi connectivity index (χ1) is 21.8. The van der Waals surface area contributed by atoms with Gasteiger partial charge in [0, 0.05) is 39.5 Å². The molecule has 0 aliphatic heterocycles. The molecule has 1 aromatic heterocycles. The molecule has 4 aromatic carbocycles. The minimum Gasteiger partial charge on any atom is -0.465 e. The number of nitrogens with zero attached hydrogens (tertiary/aromatic N) is 2. The lowest BCUT2D eigenvalue weighted by Crippen LogP contribution is -2.33. The summed E-state index contributed by atoms with van der Waals surface area (Å²) < 4.78 is 29.3. The van der Waals surface area contributed by atoms with Crippen LogP contribution in [0.4, 0.5) is 5.69 Å². The second-order valence-electron chi connectivity index (χ2n) is 11.6. The number of thioether (sulfide) groups is 1. The molecule has 1 unspecified atom stereocenters. The first-order valence-corrected chi connectivity index (χ1v) is 17.8. The molecule has 9 heteroatoms. The van der Waals surface area contributed by atoms with Crippen LogP contribution in [0.2, 0.25) is 0 Å². The van der Waals surface area contributed by atoms with E-state index in [1.807, 2.05) is 86.0 Å². The molecular weight excluding hydrogens is 617 g/mol. The number of hydrogen-bond acceptors (Lipinski definition) is 7. The van der Waals surface area contributed by atoms with E-state index >= 15 is 0 Å². The number of fused-ring (bicyclic) bond motifs is 1. The Kier molecular flexibility index (Phi) is 9.37. The summed E-state index contributed by atoms with van der Waals surface area (Å²) in [5.41, 5.74) is 5.47. The van der Waals surface area contributed by atoms with Crippen molar-refractivity contribution in [2.75, 3.05) is 24.5 Å². The second kappa shape index (κ2) is 13.1. The highest BCUT2D eigenvalue weighted by Crippen LogP contribution is 2.38. The van der Waals surface area contributed by atoms with Gasteiger partial charge < -0.3 is 9.64 Å². The number of hydrogen-bond donors (Lipinski definition) is 0. The predicted octanol–water partition coefficient (Wildman–Crippen LogP) is 8.10. The largest absolute Gasteiger partial charge is 0.465 e. The highest BCUT2D eigenvalue weighted by Gasteiger charge is 2.33. The average molecular weight is 653 g/mol. The Morgan fingerprint density at radius 2 is 1.57 bits per heavy atom. The number of sulfone groups is 1. The molecule has 0 aliphatic carbocycles. The quantitative estimate of drug-likeness (QED) is 0.117. The van der Waals surface area contributed by atoms with Gasteiger partial charge in [-0.25, -0.2) is 13.2 Å². The molecule has 0 fully saturated rings. The van der Waals surface area contributed by atoms with E-state index in [-0.39, 0.29) is 5.91 Å². The minimum absolute atomic E-state index is 0.227. The molecule has 0 N–H and O–H groups in total. The van der Waals surface area contributed by atoms with Crippen LogP contribution in [0.3, 0.4) is 0 Å². The van der Waals surface area contributed by atoms with E-state index in [2.05, 4.69) is 4.98 Å². The Hall–Kier alpha value is -4.47. The van der Waals surface area contributed by atoms with Gasteiger partial charge in [-0.2, -0.15) is 0 Å². The van der Waals surface area contributed by atoms with Gasteiger partial charge in [0.2, 0.25) is 0 Å². The summed E-state index contributed by atoms with van der Waals surface area (Å²) in [6.45, 7) is 5.40. The summed E-state index contributed by atoms with van der Waals surface area (Å²) >= 11 is 1.62. The van der Waals surface area contributed by atoms with E-state index in [1.54, 1.807) is 61.0 Å². The normalized spacial score (nSPS) is 12.5. The number of carbonyl (C=O) groups excluding carboxylic acids is 2. The summed E-state index contributed by atoms with van der Waals surface area (Å²) in [4.78, 5) is 33.7. The van der Waals surface area contributed by atoms with Crippen LogP contribution < -0.4 is 4.90 Å². The summed E-state index contributed by atoms with van der Waals surface area (Å²) in [7, 11) is -2.11. The Labute approximate surface area is 274 Å². The fourth-order valence-electron chi connectivity index (χ4n) is 5.35. The zero-order valence-electron chi connectivity index (χ0n) is 26.6. The van der Waals surface area contributed by atoms with E-state index in [9.17, 15) is 18.0 Å². The molecule has 236 valence electrons. The van der Waals surface area contributed by atoms with Crippen LogP contribution >= 0.6 is 11.8 Å². The molecule has 5 rings (SSSR count). The van der Waals surface area contributed by atoms with Crippen LogP contribution in [0.5, 0.6) is 0 Å². The van der Waals surface area contributed by atoms with Crippen LogP contribution in [-0.2, 0) is 19.3 Å². The highest BCUT2D eigenvalue weighted by molar-refractivity contribution is 7.98. The maximum absolute atomic E-state index is 14.2. The monoisotopic (exact) mass is 652 g/mol. The van der Waals surface area contributed by atoms with Gasteiger partial charge in [-0.15, -0.1) is 11.8 Å². The third-order valence-corrected chi connectivity index (χ3v) is 11.3. The van der Waals surface area contributed by atoms with Crippen LogP contribution in [0.1, 0.15) is 58.7 Å². The lowest BCUT2D eigenvalue weighted by Gasteiger charge is -2.30. The van der Waals surface area contributed by atoms with E-state index in [0.29, 0.717) is 16.7 Å². The lowest BCUT2D eigenvalue weighted by atomic mass is 9.92. The van der Waals surface area contributed by atoms with Crippen LogP contribution in [0.25, 0.3) is 22.0 Å². The first-order valence-electron chi connectivity index (χ1n) is 14.7. The van der Waals surface area contributed by atoms with Crippen molar-refractivity contribution in [2.24, 2.45) is 0 Å². The van der Waals surface area contributed by atoms with E-state index in [1.165, 1.54) is 13.4 Å². The first kappa shape index (κ1) is 32.9. The number of pyridine rings is 1. The molecule has 1 atom stereocenters. The van der Waals surface area contributed by atoms with Gasteiger partial charge in [0.05, 0.1) is 29.0 Å². The van der Waals surface area contributed by atoms with Crippen molar-refractivity contribution in [1.29, 1.82) is 0 Å². The molecule has 0 radical (unpaired) electrons. The molecule has 0 spiro atoms. The molecule has 0 bridgehead atoms. The maximum atomic E-state index is 14.2. The van der Waals surface area contributed by atoms with Crippen molar-refractivity contribution in [3.05, 3.63) is 126 Å². The SMILES string of the molecule is COC(=O)c1ccc(C(=O)N(c2ccc(SC)cc2)C(C)c2cccc(-c3cc(C(C)(C)S(C)(=O)=O)cc4cccnc34)c2)cc1. The number of carbonyl (C=O) groups is 2. The number of anilines is 1. The third-order valence-electron chi connectivity index (χ3n) is 8.52. The van der Waals surface area contributed by atoms with Crippen molar-refractivity contribution < 1.29 is 22.7 Å². The smallest absolute Gasteiger partial charge is 0.337 e. The Balaban J connectivity index is 1.62. The molecule has 1 amide bonds. The number of amides is 1. The van der Waals surface area contributed by atoms with Gasteiger partial charge >= 0.3 is 5.97 Å². The van der Waals surface area contributed by atoms with Gasteiger partial charge in [-0.05, 0) is 117 Å². The number of ether oxygens (including phenoxy) is 1. The molecule has 46 heavy (non-hydrogen) atoms. The van der Waals surface area contributed by atoms with E-state index in [4.69, 9.17) is 4.74 Å².